The summed E-state index contributed by atoms with van der Waals surface area (Å²) in [5, 5.41) is 13.6. The lowest BCUT2D eigenvalue weighted by Gasteiger charge is -2.37. The molecular weight excluding hydrogens is 528 g/mol. The standard InChI is InChI=1S/C35H44N2O5/c1-39-32-12-13-33(29-7-6-28-24-30(38)9-8-27(28)23-29)34(25-32)36-16-2-3-26-4-10-31(11-5-26)40-20-19-37-17-14-35(15-18-37)41-21-22-42-35/h4-5,8-13,24-25,29,36,38H,2-3,6-7,14-23H2,1H3. The maximum Gasteiger partial charge on any atom is 0.170 e. The number of aryl methyl sites for hydroxylation is 2. The molecule has 1 spiro atoms. The van der Waals surface area contributed by atoms with Crippen molar-refractivity contribution >= 4 is 5.69 Å². The summed E-state index contributed by atoms with van der Waals surface area (Å²) in [5.41, 5.74) is 6.45. The number of aromatic hydroxyl groups is 1. The van der Waals surface area contributed by atoms with Crippen molar-refractivity contribution in [1.82, 2.24) is 4.90 Å². The van der Waals surface area contributed by atoms with Crippen molar-refractivity contribution in [2.75, 3.05) is 58.4 Å². The normalized spacial score (nSPS) is 19.9. The molecule has 42 heavy (non-hydrogen) atoms. The molecule has 2 saturated heterocycles. The number of anilines is 1. The molecule has 0 saturated carbocycles. The van der Waals surface area contributed by atoms with E-state index in [1.54, 1.807) is 13.2 Å². The summed E-state index contributed by atoms with van der Waals surface area (Å²) < 4.78 is 23.2. The SMILES string of the molecule is COc1ccc(C2CCc3cc(O)ccc3C2)c(NCCCc2ccc(OCCN3CCC4(CC3)OCCO4)cc2)c1. The molecule has 3 aliphatic rings. The number of rotatable bonds is 11. The van der Waals surface area contributed by atoms with Crippen LogP contribution < -0.4 is 14.8 Å². The van der Waals surface area contributed by atoms with E-state index in [2.05, 4.69) is 58.7 Å². The third-order valence-corrected chi connectivity index (χ3v) is 9.11. The van der Waals surface area contributed by atoms with Crippen LogP contribution in [0.5, 0.6) is 17.2 Å². The molecule has 224 valence electrons. The molecule has 0 radical (unpaired) electrons. The highest BCUT2D eigenvalue weighted by atomic mass is 16.7. The maximum absolute atomic E-state index is 9.86. The highest BCUT2D eigenvalue weighted by Gasteiger charge is 2.39. The first-order valence-electron chi connectivity index (χ1n) is 15.5. The Morgan fingerprint density at radius 1 is 0.952 bits per heavy atom. The van der Waals surface area contributed by atoms with Crippen LogP contribution in [0.4, 0.5) is 5.69 Å². The van der Waals surface area contributed by atoms with Crippen LogP contribution in [0.15, 0.2) is 60.7 Å². The average Bonchev–Trinajstić information content (AvgIpc) is 3.48. The second kappa shape index (κ2) is 13.4. The van der Waals surface area contributed by atoms with Gasteiger partial charge in [0.25, 0.3) is 0 Å². The number of hydrogen-bond donors (Lipinski definition) is 2. The van der Waals surface area contributed by atoms with Gasteiger partial charge in [-0.1, -0.05) is 24.3 Å². The summed E-state index contributed by atoms with van der Waals surface area (Å²) >= 11 is 0. The Morgan fingerprint density at radius 3 is 2.52 bits per heavy atom. The minimum Gasteiger partial charge on any atom is -0.508 e. The van der Waals surface area contributed by atoms with E-state index in [1.165, 1.54) is 22.3 Å². The number of fused-ring (bicyclic) bond motifs is 1. The number of benzene rings is 3. The van der Waals surface area contributed by atoms with Crippen molar-refractivity contribution in [3.8, 4) is 17.2 Å². The van der Waals surface area contributed by atoms with E-state index in [0.29, 0.717) is 18.3 Å². The average molecular weight is 573 g/mol. The van der Waals surface area contributed by atoms with E-state index in [4.69, 9.17) is 18.9 Å². The summed E-state index contributed by atoms with van der Waals surface area (Å²) in [6, 6.07) is 20.8. The summed E-state index contributed by atoms with van der Waals surface area (Å²) in [7, 11) is 1.72. The first-order chi connectivity index (χ1) is 20.6. The monoisotopic (exact) mass is 572 g/mol. The number of nitrogens with one attached hydrogen (secondary N) is 1. The Bertz CT molecular complexity index is 1310. The van der Waals surface area contributed by atoms with Gasteiger partial charge in [-0.2, -0.15) is 0 Å². The molecule has 2 N–H and O–H groups in total. The third kappa shape index (κ3) is 7.02. The number of ether oxygens (including phenoxy) is 4. The van der Waals surface area contributed by atoms with Crippen LogP contribution in [0.25, 0.3) is 0 Å². The lowest BCUT2D eigenvalue weighted by molar-refractivity contribution is -0.185. The van der Waals surface area contributed by atoms with Gasteiger partial charge in [-0.15, -0.1) is 0 Å². The second-order valence-electron chi connectivity index (χ2n) is 11.8. The van der Waals surface area contributed by atoms with E-state index < -0.39 is 0 Å². The lowest BCUT2D eigenvalue weighted by Crippen LogP contribution is -2.46. The number of methoxy groups -OCH3 is 1. The molecule has 3 aromatic carbocycles. The highest BCUT2D eigenvalue weighted by Crippen LogP contribution is 2.38. The van der Waals surface area contributed by atoms with Gasteiger partial charge in [0, 0.05) is 50.8 Å². The highest BCUT2D eigenvalue weighted by molar-refractivity contribution is 5.57. The Balaban J connectivity index is 0.949. The van der Waals surface area contributed by atoms with Crippen LogP contribution in [0.3, 0.4) is 0 Å². The fraction of sp³-hybridized carbons (Fsp3) is 0.486. The van der Waals surface area contributed by atoms with Gasteiger partial charge in [0.1, 0.15) is 23.9 Å². The quantitative estimate of drug-likeness (QED) is 0.276. The van der Waals surface area contributed by atoms with Gasteiger partial charge < -0.3 is 29.4 Å². The number of likely N-dealkylation sites (tertiary alicyclic amines) is 1. The van der Waals surface area contributed by atoms with Crippen molar-refractivity contribution in [3.05, 3.63) is 82.9 Å². The number of phenols is 1. The van der Waals surface area contributed by atoms with E-state index in [9.17, 15) is 5.11 Å². The first-order valence-corrected chi connectivity index (χ1v) is 15.5. The number of hydrogen-bond acceptors (Lipinski definition) is 7. The van der Waals surface area contributed by atoms with E-state index in [0.717, 1.165) is 102 Å². The molecule has 2 aliphatic heterocycles. The minimum atomic E-state index is -0.312. The topological polar surface area (TPSA) is 72.4 Å². The number of nitrogens with zero attached hydrogens (tertiary/aromatic N) is 1. The van der Waals surface area contributed by atoms with Crippen molar-refractivity contribution in [1.29, 1.82) is 0 Å². The Morgan fingerprint density at radius 2 is 1.74 bits per heavy atom. The van der Waals surface area contributed by atoms with Crippen molar-refractivity contribution in [2.45, 2.75) is 56.7 Å². The smallest absolute Gasteiger partial charge is 0.170 e. The predicted molar refractivity (Wildman–Crippen MR) is 165 cm³/mol. The Hall–Kier alpha value is -3.26. The first kappa shape index (κ1) is 28.8. The van der Waals surface area contributed by atoms with Gasteiger partial charge in [0.05, 0.1) is 20.3 Å². The summed E-state index contributed by atoms with van der Waals surface area (Å²) in [6.45, 7) is 5.94. The van der Waals surface area contributed by atoms with Gasteiger partial charge in [-0.3, -0.25) is 4.90 Å². The van der Waals surface area contributed by atoms with E-state index >= 15 is 0 Å². The molecule has 2 fully saturated rings. The van der Waals surface area contributed by atoms with Crippen molar-refractivity contribution in [2.24, 2.45) is 0 Å². The lowest BCUT2D eigenvalue weighted by atomic mass is 9.79. The molecule has 1 atom stereocenters. The fourth-order valence-corrected chi connectivity index (χ4v) is 6.64. The second-order valence-corrected chi connectivity index (χ2v) is 11.8. The summed E-state index contributed by atoms with van der Waals surface area (Å²) in [6.07, 6.45) is 6.99. The minimum absolute atomic E-state index is 0.312. The third-order valence-electron chi connectivity index (χ3n) is 9.11. The zero-order valence-corrected chi connectivity index (χ0v) is 24.8. The summed E-state index contributed by atoms with van der Waals surface area (Å²) in [5.74, 6) is 2.30. The zero-order valence-electron chi connectivity index (χ0n) is 24.8. The molecule has 1 aliphatic carbocycles. The summed E-state index contributed by atoms with van der Waals surface area (Å²) in [4.78, 5) is 2.43. The van der Waals surface area contributed by atoms with Crippen molar-refractivity contribution in [3.63, 3.8) is 0 Å². The molecule has 1 unspecified atom stereocenters. The molecule has 0 amide bonds. The van der Waals surface area contributed by atoms with E-state index in [1.807, 2.05) is 6.07 Å². The van der Waals surface area contributed by atoms with Crippen LogP contribution in [-0.2, 0) is 28.7 Å². The molecule has 7 nitrogen and oxygen atoms in total. The van der Waals surface area contributed by atoms with Crippen LogP contribution in [0, 0.1) is 0 Å². The van der Waals surface area contributed by atoms with Gasteiger partial charge in [0.2, 0.25) is 0 Å². The van der Waals surface area contributed by atoms with Gasteiger partial charge in [-0.05, 0) is 90.6 Å². The zero-order chi connectivity index (χ0) is 28.8. The van der Waals surface area contributed by atoms with Gasteiger partial charge in [-0.25, -0.2) is 0 Å². The van der Waals surface area contributed by atoms with Crippen LogP contribution >= 0.6 is 0 Å². The molecule has 0 aromatic heterocycles. The fourth-order valence-electron chi connectivity index (χ4n) is 6.64. The van der Waals surface area contributed by atoms with Gasteiger partial charge >= 0.3 is 0 Å². The predicted octanol–water partition coefficient (Wildman–Crippen LogP) is 5.94. The number of piperidine rings is 1. The molecule has 2 heterocycles. The number of phenolic OH excluding ortho intramolecular Hbond substituents is 1. The molecule has 6 rings (SSSR count). The van der Waals surface area contributed by atoms with Crippen LogP contribution in [0.2, 0.25) is 0 Å². The van der Waals surface area contributed by atoms with Gasteiger partial charge in [0.15, 0.2) is 5.79 Å². The largest absolute Gasteiger partial charge is 0.508 e. The molecule has 0 bridgehead atoms. The Labute approximate surface area is 249 Å². The molecule has 3 aromatic rings. The van der Waals surface area contributed by atoms with Crippen LogP contribution in [-0.4, -0.2) is 68.9 Å². The molecular formula is C35H44N2O5. The molecule has 7 heteroatoms. The van der Waals surface area contributed by atoms with Crippen molar-refractivity contribution < 1.29 is 24.1 Å². The Kier molecular flexibility index (Phi) is 9.18. The van der Waals surface area contributed by atoms with Crippen LogP contribution in [0.1, 0.15) is 53.9 Å². The maximum atomic E-state index is 9.86. The van der Waals surface area contributed by atoms with E-state index in [-0.39, 0.29) is 5.79 Å².